The minimum Gasteiger partial charge on any atom is -0.462 e. The summed E-state index contributed by atoms with van der Waals surface area (Å²) in [5.74, 6) is -0.570. The Morgan fingerprint density at radius 1 is 1.17 bits per heavy atom. The van der Waals surface area contributed by atoms with E-state index in [1.807, 2.05) is 6.92 Å². The Labute approximate surface area is 174 Å². The predicted molar refractivity (Wildman–Crippen MR) is 115 cm³/mol. The second-order valence-corrected chi connectivity index (χ2v) is 7.83. The summed E-state index contributed by atoms with van der Waals surface area (Å²) < 4.78 is 5.97. The van der Waals surface area contributed by atoms with Gasteiger partial charge in [0.2, 0.25) is 0 Å². The normalized spacial score (nSPS) is 16.9. The summed E-state index contributed by atoms with van der Waals surface area (Å²) in [4.78, 5) is 29.4. The van der Waals surface area contributed by atoms with Gasteiger partial charge in [-0.1, -0.05) is 13.0 Å². The van der Waals surface area contributed by atoms with Crippen molar-refractivity contribution in [2.24, 2.45) is 0 Å². The number of carbonyl (C=O) groups excluding carboxylic acids is 2. The number of likely N-dealkylation sites (tertiary alicyclic amines) is 1. The van der Waals surface area contributed by atoms with E-state index in [2.05, 4.69) is 24.0 Å². The first-order valence-corrected chi connectivity index (χ1v) is 10.8. The molecule has 0 aliphatic carbocycles. The van der Waals surface area contributed by atoms with Crippen molar-refractivity contribution in [1.29, 1.82) is 0 Å². The molecule has 29 heavy (non-hydrogen) atoms. The van der Waals surface area contributed by atoms with E-state index in [-0.39, 0.29) is 24.1 Å². The molecule has 0 spiro atoms. The molecule has 1 atom stereocenters. The Hall–Kier alpha value is -2.39. The van der Waals surface area contributed by atoms with Crippen LogP contribution in [0.4, 0.5) is 11.4 Å². The Morgan fingerprint density at radius 3 is 2.34 bits per heavy atom. The number of quaternary nitrogens is 1. The molecule has 1 amide bonds. The number of nitrogens with one attached hydrogen (secondary N) is 1. The van der Waals surface area contributed by atoms with Crippen LogP contribution in [-0.2, 0) is 9.53 Å². The van der Waals surface area contributed by atoms with E-state index in [4.69, 9.17) is 11.3 Å². The summed E-state index contributed by atoms with van der Waals surface area (Å²) in [7, 11) is 0. The van der Waals surface area contributed by atoms with E-state index in [9.17, 15) is 9.59 Å². The van der Waals surface area contributed by atoms with Crippen molar-refractivity contribution in [3.63, 3.8) is 0 Å². The van der Waals surface area contributed by atoms with Crippen molar-refractivity contribution in [1.82, 2.24) is 0 Å². The van der Waals surface area contributed by atoms with Crippen molar-refractivity contribution < 1.29 is 18.8 Å². The molecule has 1 heterocycles. The first-order chi connectivity index (χ1) is 13.9. The van der Waals surface area contributed by atoms with Gasteiger partial charge in [-0.05, 0) is 58.1 Å². The monoisotopic (exact) mass is 400 g/mol. The fourth-order valence-electron chi connectivity index (χ4n) is 4.56. The smallest absolute Gasteiger partial charge is 0.338 e. The third-order valence-electron chi connectivity index (χ3n) is 6.13. The van der Waals surface area contributed by atoms with Crippen LogP contribution in [0.5, 0.6) is 0 Å². The molecule has 1 aromatic carbocycles. The Balaban J connectivity index is 2.39. The van der Waals surface area contributed by atoms with Crippen LogP contribution in [-0.4, -0.2) is 48.6 Å². The average Bonchev–Trinajstić information content (AvgIpc) is 2.96. The van der Waals surface area contributed by atoms with Gasteiger partial charge in [-0.15, -0.1) is 0 Å². The highest BCUT2D eigenvalue weighted by Crippen LogP contribution is 2.30. The number of benzene rings is 1. The van der Waals surface area contributed by atoms with Crippen LogP contribution < -0.4 is 5.32 Å². The maximum atomic E-state index is 13.4. The van der Waals surface area contributed by atoms with Gasteiger partial charge >= 0.3 is 5.97 Å². The number of esters is 1. The van der Waals surface area contributed by atoms with Crippen LogP contribution in [0.3, 0.4) is 0 Å². The summed E-state index contributed by atoms with van der Waals surface area (Å²) in [5, 5.41) is 3.04. The Kier molecular flexibility index (Phi) is 8.21. The quantitative estimate of drug-likeness (QED) is 0.404. The van der Waals surface area contributed by atoms with Crippen LogP contribution in [0, 0.1) is 13.5 Å². The van der Waals surface area contributed by atoms with Gasteiger partial charge in [-0.25, -0.2) is 9.64 Å². The number of aryl methyl sites for hydroxylation is 1. The second-order valence-electron chi connectivity index (χ2n) is 7.83. The molecule has 2 rings (SSSR count). The number of nitrogens with zero attached hydrogens (tertiary/aromatic N) is 2. The molecule has 1 unspecified atom stereocenters. The van der Waals surface area contributed by atoms with Crippen LogP contribution in [0.1, 0.15) is 68.8 Å². The zero-order valence-electron chi connectivity index (χ0n) is 18.2. The van der Waals surface area contributed by atoms with Crippen LogP contribution >= 0.6 is 0 Å². The van der Waals surface area contributed by atoms with E-state index < -0.39 is 5.97 Å². The van der Waals surface area contributed by atoms with Crippen molar-refractivity contribution in [2.45, 2.75) is 65.8 Å². The molecule has 0 bridgehead atoms. The lowest BCUT2D eigenvalue weighted by molar-refractivity contribution is -0.940. The topological polar surface area (TPSA) is 59.8 Å². The SMILES string of the molecule is [C-]#[N+]c1cc(C)c(NC(=O)C(CC)[N+]2(CC)CCCCCC2)c(C(=O)OCC)c1. The molecule has 0 radical (unpaired) electrons. The van der Waals surface area contributed by atoms with Crippen LogP contribution in [0.2, 0.25) is 0 Å². The number of carbonyl (C=O) groups is 2. The third-order valence-corrected chi connectivity index (χ3v) is 6.13. The summed E-state index contributed by atoms with van der Waals surface area (Å²) in [6.07, 6.45) is 5.48. The van der Waals surface area contributed by atoms with Crippen molar-refractivity contribution >= 4 is 23.3 Å². The molecule has 1 aromatic rings. The van der Waals surface area contributed by atoms with Gasteiger partial charge in [0.05, 0.1) is 44.1 Å². The number of anilines is 1. The zero-order chi connectivity index (χ0) is 21.4. The first-order valence-electron chi connectivity index (χ1n) is 10.8. The number of hydrogen-bond donors (Lipinski definition) is 1. The van der Waals surface area contributed by atoms with Gasteiger partial charge in [-0.3, -0.25) is 4.79 Å². The third kappa shape index (κ3) is 5.16. The van der Waals surface area contributed by atoms with Gasteiger partial charge in [0.15, 0.2) is 11.7 Å². The molecule has 1 fully saturated rings. The molecular weight excluding hydrogens is 366 g/mol. The molecule has 6 nitrogen and oxygen atoms in total. The molecule has 1 saturated heterocycles. The molecule has 0 saturated carbocycles. The number of hydrogen-bond acceptors (Lipinski definition) is 3. The van der Waals surface area contributed by atoms with Gasteiger partial charge in [0.1, 0.15) is 0 Å². The highest BCUT2D eigenvalue weighted by molar-refractivity contribution is 6.04. The molecule has 1 aliphatic rings. The zero-order valence-corrected chi connectivity index (χ0v) is 18.2. The van der Waals surface area contributed by atoms with E-state index in [0.29, 0.717) is 16.9 Å². The number of likely N-dealkylation sites (N-methyl/N-ethyl adjacent to an activating group) is 1. The molecule has 1 N–H and O–H groups in total. The fourth-order valence-corrected chi connectivity index (χ4v) is 4.56. The average molecular weight is 401 g/mol. The molecule has 0 aromatic heterocycles. The lowest BCUT2D eigenvalue weighted by Crippen LogP contribution is -2.60. The Bertz CT molecular complexity index is 774. The molecule has 158 valence electrons. The van der Waals surface area contributed by atoms with Gasteiger partial charge in [0, 0.05) is 6.42 Å². The summed E-state index contributed by atoms with van der Waals surface area (Å²) in [5.41, 5.74) is 1.77. The summed E-state index contributed by atoms with van der Waals surface area (Å²) in [6.45, 7) is 18.2. The first kappa shape index (κ1) is 22.9. The standard InChI is InChI=1S/C23H33N3O3/c1-6-20(26(7-2)13-11-9-10-12-14-26)22(27)25-21-17(4)15-18(24-5)16-19(21)23(28)29-8-3/h15-16,20H,6-14H2,1-4H3/p+1. The summed E-state index contributed by atoms with van der Waals surface area (Å²) >= 11 is 0. The van der Waals surface area contributed by atoms with Crippen LogP contribution in [0.25, 0.3) is 4.85 Å². The highest BCUT2D eigenvalue weighted by Gasteiger charge is 2.40. The van der Waals surface area contributed by atoms with Crippen molar-refractivity contribution in [2.75, 3.05) is 31.6 Å². The van der Waals surface area contributed by atoms with E-state index >= 15 is 0 Å². The highest BCUT2D eigenvalue weighted by atomic mass is 16.5. The van der Waals surface area contributed by atoms with E-state index in [0.717, 1.165) is 43.4 Å². The lowest BCUT2D eigenvalue weighted by atomic mass is 10.0. The second kappa shape index (κ2) is 10.4. The number of amides is 1. The maximum Gasteiger partial charge on any atom is 0.338 e. The number of ether oxygens (including phenoxy) is 1. The Morgan fingerprint density at radius 2 is 1.83 bits per heavy atom. The molecular formula is C23H34N3O3+. The maximum absolute atomic E-state index is 13.4. The molecule has 6 heteroatoms. The minimum absolute atomic E-state index is 0.0551. The number of rotatable bonds is 7. The van der Waals surface area contributed by atoms with Gasteiger partial charge in [0.25, 0.3) is 5.91 Å². The van der Waals surface area contributed by atoms with Gasteiger partial charge < -0.3 is 14.5 Å². The lowest BCUT2D eigenvalue weighted by Gasteiger charge is -2.42. The van der Waals surface area contributed by atoms with Crippen molar-refractivity contribution in [3.8, 4) is 0 Å². The minimum atomic E-state index is -0.515. The molecule has 1 aliphatic heterocycles. The van der Waals surface area contributed by atoms with E-state index in [1.54, 1.807) is 13.0 Å². The summed E-state index contributed by atoms with van der Waals surface area (Å²) in [6, 6.07) is 3.04. The fraction of sp³-hybridized carbons (Fsp3) is 0.609. The largest absolute Gasteiger partial charge is 0.462 e. The van der Waals surface area contributed by atoms with Gasteiger partial charge in [-0.2, -0.15) is 0 Å². The van der Waals surface area contributed by atoms with Crippen molar-refractivity contribution in [3.05, 3.63) is 34.7 Å². The predicted octanol–water partition coefficient (Wildman–Crippen LogP) is 4.85. The van der Waals surface area contributed by atoms with Crippen LogP contribution in [0.15, 0.2) is 12.1 Å². The van der Waals surface area contributed by atoms with E-state index in [1.165, 1.54) is 18.9 Å².